The molecule has 0 unspecified atom stereocenters. The molecule has 0 radical (unpaired) electrons. The third-order valence-electron chi connectivity index (χ3n) is 6.67. The molecule has 0 bridgehead atoms. The average Bonchev–Trinajstić information content (AvgIpc) is 3.41. The first-order chi connectivity index (χ1) is 17.6. The van der Waals surface area contributed by atoms with Crippen LogP contribution in [0.2, 0.25) is 0 Å². The van der Waals surface area contributed by atoms with E-state index in [0.29, 0.717) is 18.8 Å². The molecule has 186 valence electrons. The first kappa shape index (κ1) is 23.8. The van der Waals surface area contributed by atoms with Crippen molar-refractivity contribution in [1.82, 2.24) is 9.80 Å². The van der Waals surface area contributed by atoms with E-state index in [4.69, 9.17) is 18.9 Å². The van der Waals surface area contributed by atoms with Crippen LogP contribution in [0.25, 0.3) is 6.08 Å². The molecule has 0 N–H and O–H groups in total. The largest absolute Gasteiger partial charge is 0.497 e. The summed E-state index contributed by atoms with van der Waals surface area (Å²) in [6, 6.07) is 22.2. The molecule has 7 nitrogen and oxygen atoms in total. The van der Waals surface area contributed by atoms with Crippen LogP contribution in [-0.4, -0.2) is 62.9 Å². The van der Waals surface area contributed by atoms with Crippen LogP contribution < -0.4 is 18.9 Å². The monoisotopic (exact) mass is 486 g/mol. The van der Waals surface area contributed by atoms with E-state index in [0.717, 1.165) is 35.9 Å². The number of ether oxygens (including phenoxy) is 4. The van der Waals surface area contributed by atoms with Crippen LogP contribution in [0.15, 0.2) is 72.8 Å². The summed E-state index contributed by atoms with van der Waals surface area (Å²) >= 11 is 0. The lowest BCUT2D eigenvalue weighted by atomic mass is 9.96. The summed E-state index contributed by atoms with van der Waals surface area (Å²) in [5, 5.41) is 0. The maximum absolute atomic E-state index is 12.9. The van der Waals surface area contributed by atoms with Crippen molar-refractivity contribution in [3.8, 4) is 23.0 Å². The highest BCUT2D eigenvalue weighted by Gasteiger charge is 2.28. The number of rotatable bonds is 7. The molecule has 0 spiro atoms. The number of hydrogen-bond donors (Lipinski definition) is 0. The fourth-order valence-corrected chi connectivity index (χ4v) is 4.68. The Bertz CT molecular complexity index is 1170. The van der Waals surface area contributed by atoms with Gasteiger partial charge in [-0.05, 0) is 59.2 Å². The van der Waals surface area contributed by atoms with E-state index < -0.39 is 0 Å². The third-order valence-corrected chi connectivity index (χ3v) is 6.67. The molecule has 2 aliphatic rings. The molecule has 0 atom stereocenters. The van der Waals surface area contributed by atoms with Gasteiger partial charge in [-0.2, -0.15) is 0 Å². The van der Waals surface area contributed by atoms with Gasteiger partial charge in [0.25, 0.3) is 0 Å². The highest BCUT2D eigenvalue weighted by atomic mass is 16.7. The Morgan fingerprint density at radius 1 is 0.806 bits per heavy atom. The van der Waals surface area contributed by atoms with Gasteiger partial charge in [0.15, 0.2) is 11.5 Å². The van der Waals surface area contributed by atoms with E-state index in [1.807, 2.05) is 53.4 Å². The summed E-state index contributed by atoms with van der Waals surface area (Å²) in [6.07, 6.45) is 3.46. The van der Waals surface area contributed by atoms with Crippen LogP contribution in [0.4, 0.5) is 0 Å². The molecule has 36 heavy (non-hydrogen) atoms. The van der Waals surface area contributed by atoms with Gasteiger partial charge < -0.3 is 23.8 Å². The van der Waals surface area contributed by atoms with Crippen molar-refractivity contribution in [2.45, 2.75) is 6.04 Å². The standard InChI is InChI=1S/C29H30N2O5/c1-33-24-9-5-22(6-10-24)29(23-7-11-25(34-2)12-8-23)31-17-15-30(16-18-31)28(32)14-4-21-3-13-26-27(19-21)36-20-35-26/h3-14,19,29H,15-18,20H2,1-2H3. The summed E-state index contributed by atoms with van der Waals surface area (Å²) in [5.41, 5.74) is 3.28. The van der Waals surface area contributed by atoms with Crippen LogP contribution in [0.5, 0.6) is 23.0 Å². The van der Waals surface area contributed by atoms with E-state index in [1.54, 1.807) is 20.3 Å². The molecule has 0 saturated carbocycles. The number of carbonyl (C=O) groups is 1. The predicted molar refractivity (Wildman–Crippen MR) is 138 cm³/mol. The van der Waals surface area contributed by atoms with Crippen LogP contribution >= 0.6 is 0 Å². The van der Waals surface area contributed by atoms with E-state index in [9.17, 15) is 4.79 Å². The van der Waals surface area contributed by atoms with Crippen LogP contribution in [0, 0.1) is 0 Å². The molecule has 1 fully saturated rings. The SMILES string of the molecule is COc1ccc(C(c2ccc(OC)cc2)N2CCN(C(=O)C=Cc3ccc4c(c3)OCO4)CC2)cc1. The average molecular weight is 487 g/mol. The second kappa shape index (κ2) is 10.7. The minimum Gasteiger partial charge on any atom is -0.497 e. The number of nitrogens with zero attached hydrogens (tertiary/aromatic N) is 2. The number of amides is 1. The summed E-state index contributed by atoms with van der Waals surface area (Å²) in [4.78, 5) is 17.2. The van der Waals surface area contributed by atoms with Crippen LogP contribution in [0.1, 0.15) is 22.7 Å². The Kier molecular flexibility index (Phi) is 7.09. The Balaban J connectivity index is 1.27. The molecular weight excluding hydrogens is 456 g/mol. The van der Waals surface area contributed by atoms with Gasteiger partial charge in [-0.3, -0.25) is 9.69 Å². The highest BCUT2D eigenvalue weighted by molar-refractivity contribution is 5.92. The molecule has 5 rings (SSSR count). The molecule has 2 heterocycles. The van der Waals surface area contributed by atoms with Gasteiger partial charge in [-0.25, -0.2) is 0 Å². The lowest BCUT2D eigenvalue weighted by molar-refractivity contribution is -0.127. The maximum atomic E-state index is 12.9. The van der Waals surface area contributed by atoms with E-state index >= 15 is 0 Å². The van der Waals surface area contributed by atoms with E-state index in [1.165, 1.54) is 11.1 Å². The molecule has 0 aromatic heterocycles. The summed E-state index contributed by atoms with van der Waals surface area (Å²) in [7, 11) is 3.35. The molecule has 3 aromatic carbocycles. The summed E-state index contributed by atoms with van der Waals surface area (Å²) in [5.74, 6) is 3.12. The fraction of sp³-hybridized carbons (Fsp3) is 0.276. The second-order valence-corrected chi connectivity index (χ2v) is 8.76. The number of hydrogen-bond acceptors (Lipinski definition) is 6. The Hall–Kier alpha value is -3.97. The van der Waals surface area contributed by atoms with Crippen molar-refractivity contribution >= 4 is 12.0 Å². The highest BCUT2D eigenvalue weighted by Crippen LogP contribution is 2.33. The lowest BCUT2D eigenvalue weighted by Gasteiger charge is -2.39. The number of piperazine rings is 1. The predicted octanol–water partition coefficient (Wildman–Crippen LogP) is 4.38. The molecule has 2 aliphatic heterocycles. The first-order valence-electron chi connectivity index (χ1n) is 12.0. The Morgan fingerprint density at radius 2 is 1.39 bits per heavy atom. The summed E-state index contributed by atoms with van der Waals surface area (Å²) < 4.78 is 21.5. The zero-order valence-electron chi connectivity index (χ0n) is 20.6. The second-order valence-electron chi connectivity index (χ2n) is 8.76. The summed E-state index contributed by atoms with van der Waals surface area (Å²) in [6.45, 7) is 3.10. The van der Waals surface area contributed by atoms with E-state index in [-0.39, 0.29) is 18.7 Å². The van der Waals surface area contributed by atoms with Crippen molar-refractivity contribution < 1.29 is 23.7 Å². The number of benzene rings is 3. The van der Waals surface area contributed by atoms with Gasteiger partial charge in [0.2, 0.25) is 12.7 Å². The van der Waals surface area contributed by atoms with Crippen LogP contribution in [-0.2, 0) is 4.79 Å². The van der Waals surface area contributed by atoms with Crippen molar-refractivity contribution in [3.05, 3.63) is 89.5 Å². The zero-order chi connectivity index (χ0) is 24.9. The van der Waals surface area contributed by atoms with Gasteiger partial charge in [0.05, 0.1) is 20.3 Å². The van der Waals surface area contributed by atoms with Gasteiger partial charge >= 0.3 is 0 Å². The zero-order valence-corrected chi connectivity index (χ0v) is 20.6. The Morgan fingerprint density at radius 3 is 1.97 bits per heavy atom. The molecule has 1 saturated heterocycles. The number of fused-ring (bicyclic) bond motifs is 1. The normalized spacial score (nSPS) is 15.5. The van der Waals surface area contributed by atoms with Crippen molar-refractivity contribution in [3.63, 3.8) is 0 Å². The molecule has 7 heteroatoms. The molecule has 1 amide bonds. The van der Waals surface area contributed by atoms with Crippen LogP contribution in [0.3, 0.4) is 0 Å². The van der Waals surface area contributed by atoms with Gasteiger partial charge in [-0.1, -0.05) is 30.3 Å². The topological polar surface area (TPSA) is 60.5 Å². The quantitative estimate of drug-likeness (QED) is 0.462. The number of carbonyl (C=O) groups excluding carboxylic acids is 1. The lowest BCUT2D eigenvalue weighted by Crippen LogP contribution is -2.49. The third kappa shape index (κ3) is 5.16. The minimum absolute atomic E-state index is 0.0118. The van der Waals surface area contributed by atoms with Gasteiger partial charge in [0.1, 0.15) is 11.5 Å². The molecular formula is C29H30N2O5. The van der Waals surface area contributed by atoms with Crippen molar-refractivity contribution in [2.75, 3.05) is 47.2 Å². The fourth-order valence-electron chi connectivity index (χ4n) is 4.68. The molecule has 3 aromatic rings. The maximum Gasteiger partial charge on any atom is 0.246 e. The van der Waals surface area contributed by atoms with Gasteiger partial charge in [-0.15, -0.1) is 0 Å². The Labute approximate surface area is 211 Å². The van der Waals surface area contributed by atoms with Crippen molar-refractivity contribution in [1.29, 1.82) is 0 Å². The number of methoxy groups -OCH3 is 2. The van der Waals surface area contributed by atoms with E-state index in [2.05, 4.69) is 29.2 Å². The van der Waals surface area contributed by atoms with Gasteiger partial charge in [0, 0.05) is 32.3 Å². The van der Waals surface area contributed by atoms with Crippen molar-refractivity contribution in [2.24, 2.45) is 0 Å². The molecule has 0 aliphatic carbocycles. The minimum atomic E-state index is 0.0118. The first-order valence-corrected chi connectivity index (χ1v) is 12.0. The smallest absolute Gasteiger partial charge is 0.246 e.